The fraction of sp³-hybridized carbons (Fsp3) is 0.182. The minimum Gasteiger partial charge on any atom is -0.228 e. The lowest BCUT2D eigenvalue weighted by atomic mass is 10.1. The van der Waals surface area contributed by atoms with Gasteiger partial charge >= 0.3 is 6.18 Å². The van der Waals surface area contributed by atoms with Crippen LogP contribution in [0.2, 0.25) is 0 Å². The summed E-state index contributed by atoms with van der Waals surface area (Å²) in [5, 5.41) is 4.43. The summed E-state index contributed by atoms with van der Waals surface area (Å²) in [5.41, 5.74) is 3.50. The van der Waals surface area contributed by atoms with E-state index in [2.05, 4.69) is 10.1 Å². The Morgan fingerprint density at radius 1 is 0.857 bits per heavy atom. The molecular weight excluding hydrogens is 363 g/mol. The number of fused-ring (bicyclic) bond motifs is 1. The second-order valence-electron chi connectivity index (χ2n) is 6.88. The van der Waals surface area contributed by atoms with Gasteiger partial charge in [-0.05, 0) is 50.1 Å². The van der Waals surface area contributed by atoms with Crippen molar-refractivity contribution in [1.82, 2.24) is 14.8 Å². The first-order chi connectivity index (χ1) is 13.3. The van der Waals surface area contributed by atoms with Gasteiger partial charge < -0.3 is 0 Å². The molecule has 28 heavy (non-hydrogen) atoms. The number of halogens is 3. The first kappa shape index (κ1) is 18.2. The minimum atomic E-state index is -4.51. The van der Waals surface area contributed by atoms with Crippen LogP contribution in [0.1, 0.15) is 22.4 Å². The molecule has 0 radical (unpaired) electrons. The van der Waals surface area contributed by atoms with Gasteiger partial charge in [0, 0.05) is 5.56 Å². The lowest BCUT2D eigenvalue weighted by Gasteiger charge is -2.12. The van der Waals surface area contributed by atoms with Crippen LogP contribution in [0.25, 0.3) is 28.0 Å². The Hall–Kier alpha value is -3.15. The topological polar surface area (TPSA) is 30.7 Å². The first-order valence-electron chi connectivity index (χ1n) is 8.86. The lowest BCUT2D eigenvalue weighted by molar-refractivity contribution is -0.136. The molecule has 2 aromatic carbocycles. The molecule has 0 bridgehead atoms. The third-order valence-electron chi connectivity index (χ3n) is 4.92. The zero-order valence-electron chi connectivity index (χ0n) is 15.7. The SMILES string of the molecule is Cc1ccc(-n2nc(C)c3c(C(F)(F)F)cc(-c4ccccc4)nc32)cc1C. The Labute approximate surface area is 160 Å². The second kappa shape index (κ2) is 6.48. The van der Waals surface area contributed by atoms with Gasteiger partial charge in [0.05, 0.1) is 28.0 Å². The molecule has 6 heteroatoms. The van der Waals surface area contributed by atoms with E-state index in [1.807, 2.05) is 38.1 Å². The number of aromatic nitrogens is 3. The van der Waals surface area contributed by atoms with Crippen LogP contribution in [0.15, 0.2) is 54.6 Å². The van der Waals surface area contributed by atoms with Crippen molar-refractivity contribution >= 4 is 11.0 Å². The molecule has 0 fully saturated rings. The van der Waals surface area contributed by atoms with E-state index in [9.17, 15) is 13.2 Å². The number of alkyl halides is 3. The molecule has 2 heterocycles. The number of benzene rings is 2. The molecule has 142 valence electrons. The van der Waals surface area contributed by atoms with Crippen LogP contribution in [0.5, 0.6) is 0 Å². The molecule has 4 rings (SSSR count). The largest absolute Gasteiger partial charge is 0.417 e. The average molecular weight is 381 g/mol. The van der Waals surface area contributed by atoms with Crippen molar-refractivity contribution in [3.05, 3.63) is 77.0 Å². The van der Waals surface area contributed by atoms with Gasteiger partial charge in [-0.2, -0.15) is 18.3 Å². The molecule has 0 aliphatic rings. The summed E-state index contributed by atoms with van der Waals surface area (Å²) in [6.45, 7) is 5.53. The number of aryl methyl sites for hydroxylation is 3. The molecule has 0 aliphatic carbocycles. The zero-order valence-corrected chi connectivity index (χ0v) is 15.7. The maximum atomic E-state index is 13.9. The number of nitrogens with zero attached hydrogens (tertiary/aromatic N) is 3. The molecule has 4 aromatic rings. The molecule has 0 spiro atoms. The summed E-state index contributed by atoms with van der Waals surface area (Å²) in [6.07, 6.45) is -4.51. The molecule has 0 saturated carbocycles. The number of rotatable bonds is 2. The lowest BCUT2D eigenvalue weighted by Crippen LogP contribution is -2.08. The molecule has 0 amide bonds. The predicted octanol–water partition coefficient (Wildman–Crippen LogP) is 6.03. The highest BCUT2D eigenvalue weighted by Gasteiger charge is 2.35. The van der Waals surface area contributed by atoms with E-state index in [4.69, 9.17) is 0 Å². The molecule has 0 atom stereocenters. The van der Waals surface area contributed by atoms with Crippen molar-refractivity contribution in [2.75, 3.05) is 0 Å². The monoisotopic (exact) mass is 381 g/mol. The Bertz CT molecular complexity index is 1180. The van der Waals surface area contributed by atoms with Crippen molar-refractivity contribution in [3.8, 4) is 16.9 Å². The minimum absolute atomic E-state index is 0.0328. The van der Waals surface area contributed by atoms with Gasteiger partial charge in [0.25, 0.3) is 0 Å². The van der Waals surface area contributed by atoms with Gasteiger partial charge in [0.2, 0.25) is 0 Å². The predicted molar refractivity (Wildman–Crippen MR) is 104 cm³/mol. The zero-order chi connectivity index (χ0) is 20.1. The third-order valence-corrected chi connectivity index (χ3v) is 4.92. The van der Waals surface area contributed by atoms with Gasteiger partial charge in [-0.3, -0.25) is 0 Å². The van der Waals surface area contributed by atoms with E-state index in [1.165, 1.54) is 4.68 Å². The number of hydrogen-bond acceptors (Lipinski definition) is 2. The van der Waals surface area contributed by atoms with Crippen molar-refractivity contribution in [3.63, 3.8) is 0 Å². The van der Waals surface area contributed by atoms with Gasteiger partial charge in [0.15, 0.2) is 5.65 Å². The maximum absolute atomic E-state index is 13.9. The van der Waals surface area contributed by atoms with Crippen LogP contribution in [0.3, 0.4) is 0 Å². The Balaban J connectivity index is 2.07. The highest BCUT2D eigenvalue weighted by Crippen LogP contribution is 2.38. The van der Waals surface area contributed by atoms with E-state index >= 15 is 0 Å². The van der Waals surface area contributed by atoms with E-state index in [0.717, 1.165) is 17.2 Å². The summed E-state index contributed by atoms with van der Waals surface area (Å²) in [6, 6.07) is 15.7. The summed E-state index contributed by atoms with van der Waals surface area (Å²) in [4.78, 5) is 4.57. The normalized spacial score (nSPS) is 11.9. The standard InChI is InChI=1S/C22H18F3N3/c1-13-9-10-17(11-14(13)2)28-21-20(15(3)27-28)18(22(23,24)25)12-19(26-21)16-7-5-4-6-8-16/h4-12H,1-3H3. The highest BCUT2D eigenvalue weighted by atomic mass is 19.4. The van der Waals surface area contributed by atoms with E-state index in [0.29, 0.717) is 16.9 Å². The molecule has 3 nitrogen and oxygen atoms in total. The molecule has 0 N–H and O–H groups in total. The highest BCUT2D eigenvalue weighted by molar-refractivity contribution is 5.87. The van der Waals surface area contributed by atoms with Crippen LogP contribution >= 0.6 is 0 Å². The molecule has 0 aliphatic heterocycles. The Morgan fingerprint density at radius 2 is 1.57 bits per heavy atom. The van der Waals surface area contributed by atoms with Gasteiger partial charge in [-0.1, -0.05) is 36.4 Å². The van der Waals surface area contributed by atoms with E-state index < -0.39 is 11.7 Å². The van der Waals surface area contributed by atoms with E-state index in [-0.39, 0.29) is 16.7 Å². The summed E-state index contributed by atoms with van der Waals surface area (Å²) in [7, 11) is 0. The Kier molecular flexibility index (Phi) is 4.22. The van der Waals surface area contributed by atoms with Crippen molar-refractivity contribution < 1.29 is 13.2 Å². The van der Waals surface area contributed by atoms with Crippen molar-refractivity contribution in [1.29, 1.82) is 0 Å². The molecule has 2 aromatic heterocycles. The number of hydrogen-bond donors (Lipinski definition) is 0. The van der Waals surface area contributed by atoms with Crippen molar-refractivity contribution in [2.45, 2.75) is 26.9 Å². The van der Waals surface area contributed by atoms with Crippen LogP contribution in [0.4, 0.5) is 13.2 Å². The van der Waals surface area contributed by atoms with Crippen LogP contribution in [0, 0.1) is 20.8 Å². The summed E-state index contributed by atoms with van der Waals surface area (Å²) < 4.78 is 43.1. The second-order valence-corrected chi connectivity index (χ2v) is 6.88. The van der Waals surface area contributed by atoms with Gasteiger partial charge in [-0.15, -0.1) is 0 Å². The van der Waals surface area contributed by atoms with Gasteiger partial charge in [-0.25, -0.2) is 9.67 Å². The third kappa shape index (κ3) is 3.05. The molecular formula is C22H18F3N3. The molecule has 0 saturated heterocycles. The van der Waals surface area contributed by atoms with E-state index in [1.54, 1.807) is 31.2 Å². The Morgan fingerprint density at radius 3 is 2.21 bits per heavy atom. The van der Waals surface area contributed by atoms with Crippen LogP contribution < -0.4 is 0 Å². The van der Waals surface area contributed by atoms with Crippen molar-refractivity contribution in [2.24, 2.45) is 0 Å². The maximum Gasteiger partial charge on any atom is 0.417 e. The summed E-state index contributed by atoms with van der Waals surface area (Å²) in [5.74, 6) is 0. The van der Waals surface area contributed by atoms with Crippen LogP contribution in [-0.4, -0.2) is 14.8 Å². The fourth-order valence-electron chi connectivity index (χ4n) is 3.31. The van der Waals surface area contributed by atoms with Crippen LogP contribution in [-0.2, 0) is 6.18 Å². The quantitative estimate of drug-likeness (QED) is 0.424. The fourth-order valence-corrected chi connectivity index (χ4v) is 3.31. The molecule has 0 unspecified atom stereocenters. The first-order valence-corrected chi connectivity index (χ1v) is 8.86. The van der Waals surface area contributed by atoms with Gasteiger partial charge in [0.1, 0.15) is 0 Å². The summed E-state index contributed by atoms with van der Waals surface area (Å²) >= 11 is 0. The average Bonchev–Trinajstić information content (AvgIpc) is 3.00. The number of pyridine rings is 1. The smallest absolute Gasteiger partial charge is 0.228 e.